The molecule has 0 radical (unpaired) electrons. The molecule has 0 aromatic carbocycles. The molecule has 1 fully saturated rings. The molecule has 162 valence electrons. The van der Waals surface area contributed by atoms with Crippen LogP contribution in [0.1, 0.15) is 54.4 Å². The summed E-state index contributed by atoms with van der Waals surface area (Å²) in [5.41, 5.74) is 0.542. The molecule has 0 bridgehead atoms. The van der Waals surface area contributed by atoms with Gasteiger partial charge in [0.2, 0.25) is 0 Å². The molecule has 28 heavy (non-hydrogen) atoms. The molecule has 0 spiro atoms. The summed E-state index contributed by atoms with van der Waals surface area (Å²) in [4.78, 5) is 24.4. The Morgan fingerprint density at radius 3 is 2.21 bits per heavy atom. The van der Waals surface area contributed by atoms with Gasteiger partial charge in [-0.3, -0.25) is 0 Å². The predicted molar refractivity (Wildman–Crippen MR) is 101 cm³/mol. The zero-order chi connectivity index (χ0) is 21.1. The van der Waals surface area contributed by atoms with Crippen molar-refractivity contribution in [2.45, 2.75) is 79.2 Å². The molecule has 1 aliphatic rings. The highest BCUT2D eigenvalue weighted by Gasteiger charge is 2.33. The van der Waals surface area contributed by atoms with Crippen molar-refractivity contribution in [2.75, 3.05) is 26.4 Å². The van der Waals surface area contributed by atoms with E-state index in [9.17, 15) is 9.59 Å². The molecule has 0 aliphatic carbocycles. The normalized spacial score (nSPS) is 23.0. The fourth-order valence-corrected chi connectivity index (χ4v) is 2.93. The quantitative estimate of drug-likeness (QED) is 0.171. The number of hydrogen-bond donors (Lipinski definition) is 0. The SMILES string of the molecule is CCOC(=O)C(C(=O)OCC)=C(C)CC[C@H]1O[C@@H](C)OC[C@H]1OC(C)OCC. The molecule has 1 aliphatic heterocycles. The maximum atomic E-state index is 12.2. The first-order chi connectivity index (χ1) is 13.3. The molecule has 4 atom stereocenters. The van der Waals surface area contributed by atoms with E-state index in [1.165, 1.54) is 0 Å². The number of carbonyl (C=O) groups excluding carboxylic acids is 2. The number of ether oxygens (including phenoxy) is 6. The van der Waals surface area contributed by atoms with Crippen LogP contribution in [0.3, 0.4) is 0 Å². The maximum Gasteiger partial charge on any atom is 0.345 e. The summed E-state index contributed by atoms with van der Waals surface area (Å²) in [6.45, 7) is 11.9. The fraction of sp³-hybridized carbons (Fsp3) is 0.800. The Labute approximate surface area is 167 Å². The van der Waals surface area contributed by atoms with Gasteiger partial charge >= 0.3 is 11.9 Å². The van der Waals surface area contributed by atoms with E-state index in [4.69, 9.17) is 28.4 Å². The lowest BCUT2D eigenvalue weighted by molar-refractivity contribution is -0.283. The number of esters is 2. The van der Waals surface area contributed by atoms with Crippen LogP contribution in [0, 0.1) is 0 Å². The second-order valence-electron chi connectivity index (χ2n) is 6.41. The molecule has 8 heteroatoms. The summed E-state index contributed by atoms with van der Waals surface area (Å²) in [5.74, 6) is -1.34. The van der Waals surface area contributed by atoms with Crippen LogP contribution >= 0.6 is 0 Å². The molecule has 1 saturated heterocycles. The molecular formula is C20H34O8. The number of rotatable bonds is 11. The molecule has 1 heterocycles. The maximum absolute atomic E-state index is 12.2. The average Bonchev–Trinajstić information content (AvgIpc) is 2.62. The van der Waals surface area contributed by atoms with Gasteiger partial charge in [-0.25, -0.2) is 9.59 Å². The Kier molecular flexibility index (Phi) is 11.3. The Morgan fingerprint density at radius 2 is 1.68 bits per heavy atom. The van der Waals surface area contributed by atoms with Crippen molar-refractivity contribution in [3.8, 4) is 0 Å². The van der Waals surface area contributed by atoms with E-state index in [0.29, 0.717) is 31.6 Å². The minimum absolute atomic E-state index is 0.0519. The van der Waals surface area contributed by atoms with E-state index in [0.717, 1.165) is 0 Å². The molecule has 0 aromatic heterocycles. The summed E-state index contributed by atoms with van der Waals surface area (Å²) >= 11 is 0. The van der Waals surface area contributed by atoms with Crippen LogP contribution in [-0.4, -0.2) is 63.2 Å². The molecule has 1 rings (SSSR count). The van der Waals surface area contributed by atoms with Gasteiger partial charge in [0.05, 0.1) is 25.9 Å². The highest BCUT2D eigenvalue weighted by Crippen LogP contribution is 2.24. The van der Waals surface area contributed by atoms with Crippen molar-refractivity contribution in [1.82, 2.24) is 0 Å². The minimum atomic E-state index is -0.669. The summed E-state index contributed by atoms with van der Waals surface area (Å²) in [7, 11) is 0. The van der Waals surface area contributed by atoms with E-state index in [2.05, 4.69) is 0 Å². The Hall–Kier alpha value is -1.48. The second kappa shape index (κ2) is 12.9. The highest BCUT2D eigenvalue weighted by molar-refractivity contribution is 6.14. The van der Waals surface area contributed by atoms with Gasteiger partial charge in [-0.15, -0.1) is 0 Å². The van der Waals surface area contributed by atoms with Gasteiger partial charge in [-0.05, 0) is 54.4 Å². The van der Waals surface area contributed by atoms with E-state index in [1.54, 1.807) is 20.8 Å². The Bertz CT molecular complexity index is 510. The van der Waals surface area contributed by atoms with Crippen molar-refractivity contribution in [2.24, 2.45) is 0 Å². The van der Waals surface area contributed by atoms with Gasteiger partial charge < -0.3 is 28.4 Å². The molecular weight excluding hydrogens is 368 g/mol. The lowest BCUT2D eigenvalue weighted by atomic mass is 10.00. The predicted octanol–water partition coefficient (Wildman–Crippen LogP) is 2.74. The van der Waals surface area contributed by atoms with Crippen LogP contribution in [-0.2, 0) is 38.0 Å². The second-order valence-corrected chi connectivity index (χ2v) is 6.41. The highest BCUT2D eigenvalue weighted by atomic mass is 16.7. The van der Waals surface area contributed by atoms with Crippen molar-refractivity contribution < 1.29 is 38.0 Å². The standard InChI is InChI=1S/C20H34O8/c1-7-23-14(5)28-17-12-26-15(6)27-16(17)11-10-13(4)18(19(21)24-8-2)20(22)25-9-3/h14-17H,7-12H2,1-6H3/t14?,15-,16+,17+/m0/s1. The van der Waals surface area contributed by atoms with Crippen molar-refractivity contribution in [1.29, 1.82) is 0 Å². The molecule has 0 amide bonds. The molecule has 8 nitrogen and oxygen atoms in total. The summed E-state index contributed by atoms with van der Waals surface area (Å²) < 4.78 is 32.7. The lowest BCUT2D eigenvalue weighted by Crippen LogP contribution is -2.45. The molecule has 1 unspecified atom stereocenters. The van der Waals surface area contributed by atoms with Gasteiger partial charge in [-0.1, -0.05) is 5.57 Å². The monoisotopic (exact) mass is 402 g/mol. The first-order valence-electron chi connectivity index (χ1n) is 9.91. The fourth-order valence-electron chi connectivity index (χ4n) is 2.93. The average molecular weight is 402 g/mol. The Morgan fingerprint density at radius 1 is 1.07 bits per heavy atom. The Balaban J connectivity index is 2.86. The molecule has 0 saturated carbocycles. The van der Waals surface area contributed by atoms with Gasteiger partial charge in [0.1, 0.15) is 11.7 Å². The number of hydrogen-bond acceptors (Lipinski definition) is 8. The van der Waals surface area contributed by atoms with E-state index >= 15 is 0 Å². The molecule has 0 aromatic rings. The van der Waals surface area contributed by atoms with Gasteiger partial charge in [0.15, 0.2) is 12.6 Å². The van der Waals surface area contributed by atoms with Crippen molar-refractivity contribution in [3.63, 3.8) is 0 Å². The smallest absolute Gasteiger partial charge is 0.345 e. The summed E-state index contributed by atoms with van der Waals surface area (Å²) in [5, 5.41) is 0. The number of allylic oxidation sites excluding steroid dienone is 1. The first-order valence-corrected chi connectivity index (χ1v) is 9.91. The van der Waals surface area contributed by atoms with Crippen molar-refractivity contribution in [3.05, 3.63) is 11.1 Å². The lowest BCUT2D eigenvalue weighted by Gasteiger charge is -2.36. The van der Waals surface area contributed by atoms with Gasteiger partial charge in [-0.2, -0.15) is 0 Å². The topological polar surface area (TPSA) is 89.5 Å². The van der Waals surface area contributed by atoms with E-state index < -0.39 is 11.9 Å². The van der Waals surface area contributed by atoms with Crippen LogP contribution < -0.4 is 0 Å². The third kappa shape index (κ3) is 7.87. The third-order valence-electron chi connectivity index (χ3n) is 4.23. The first kappa shape index (κ1) is 24.6. The summed E-state index contributed by atoms with van der Waals surface area (Å²) in [6.07, 6.45) is -0.305. The number of carbonyl (C=O) groups is 2. The third-order valence-corrected chi connectivity index (χ3v) is 4.23. The zero-order valence-corrected chi connectivity index (χ0v) is 17.8. The van der Waals surface area contributed by atoms with Gasteiger partial charge in [0.25, 0.3) is 0 Å². The minimum Gasteiger partial charge on any atom is -0.462 e. The van der Waals surface area contributed by atoms with E-state index in [-0.39, 0.29) is 43.6 Å². The van der Waals surface area contributed by atoms with Crippen LogP contribution in [0.4, 0.5) is 0 Å². The van der Waals surface area contributed by atoms with Crippen molar-refractivity contribution >= 4 is 11.9 Å². The summed E-state index contributed by atoms with van der Waals surface area (Å²) in [6, 6.07) is 0. The van der Waals surface area contributed by atoms with Crippen LogP contribution in [0.5, 0.6) is 0 Å². The van der Waals surface area contributed by atoms with Gasteiger partial charge in [0, 0.05) is 6.61 Å². The zero-order valence-electron chi connectivity index (χ0n) is 17.8. The molecule has 0 N–H and O–H groups in total. The van der Waals surface area contributed by atoms with E-state index in [1.807, 2.05) is 20.8 Å². The van der Waals surface area contributed by atoms with Crippen LogP contribution in [0.15, 0.2) is 11.1 Å². The van der Waals surface area contributed by atoms with Crippen LogP contribution in [0.2, 0.25) is 0 Å². The largest absolute Gasteiger partial charge is 0.462 e. The van der Waals surface area contributed by atoms with Crippen LogP contribution in [0.25, 0.3) is 0 Å².